The smallest absolute Gasteiger partial charge is 0.164 e. The number of ketones is 1. The predicted octanol–water partition coefficient (Wildman–Crippen LogP) is 3.52. The van der Waals surface area contributed by atoms with Gasteiger partial charge in [0.25, 0.3) is 0 Å². The number of carbonyl (C=O) groups is 1. The van der Waals surface area contributed by atoms with Crippen LogP contribution in [0.5, 0.6) is 0 Å². The van der Waals surface area contributed by atoms with Crippen LogP contribution in [-0.4, -0.2) is 29.2 Å². The molecule has 1 N–H and O–H groups in total. The maximum Gasteiger partial charge on any atom is 0.164 e. The van der Waals surface area contributed by atoms with Crippen LogP contribution >= 0.6 is 0 Å². The van der Waals surface area contributed by atoms with Gasteiger partial charge in [0, 0.05) is 11.8 Å². The Hall–Kier alpha value is -2.01. The van der Waals surface area contributed by atoms with Crippen molar-refractivity contribution in [3.05, 3.63) is 71.8 Å². The lowest BCUT2D eigenvalue weighted by molar-refractivity contribution is -0.188. The van der Waals surface area contributed by atoms with Gasteiger partial charge >= 0.3 is 0 Å². The van der Waals surface area contributed by atoms with E-state index in [-0.39, 0.29) is 5.78 Å². The average molecular weight is 354 g/mol. The Morgan fingerprint density at radius 1 is 0.923 bits per heavy atom. The second kappa shape index (κ2) is 8.12. The summed E-state index contributed by atoms with van der Waals surface area (Å²) < 4.78 is 11.8. The summed E-state index contributed by atoms with van der Waals surface area (Å²) in [7, 11) is 0. The summed E-state index contributed by atoms with van der Waals surface area (Å²) >= 11 is 0. The largest absolute Gasteiger partial charge is 0.387 e. The van der Waals surface area contributed by atoms with Crippen LogP contribution in [0.1, 0.15) is 31.4 Å². The van der Waals surface area contributed by atoms with Crippen molar-refractivity contribution in [2.45, 2.75) is 51.8 Å². The highest BCUT2D eigenvalue weighted by molar-refractivity contribution is 5.85. The van der Waals surface area contributed by atoms with Crippen LogP contribution in [0.2, 0.25) is 0 Å². The highest BCUT2D eigenvalue weighted by atomic mass is 16.5. The van der Waals surface area contributed by atoms with E-state index in [9.17, 15) is 9.90 Å². The van der Waals surface area contributed by atoms with E-state index in [1.54, 1.807) is 0 Å². The fraction of sp³-hybridized carbons (Fsp3) is 0.409. The maximum atomic E-state index is 12.5. The van der Waals surface area contributed by atoms with E-state index < -0.39 is 23.7 Å². The summed E-state index contributed by atoms with van der Waals surface area (Å²) in [5.41, 5.74) is 1.56. The van der Waals surface area contributed by atoms with E-state index in [0.29, 0.717) is 19.6 Å². The number of aliphatic hydroxyl groups is 1. The summed E-state index contributed by atoms with van der Waals surface area (Å²) in [6, 6.07) is 19.5. The first-order chi connectivity index (χ1) is 12.5. The zero-order valence-corrected chi connectivity index (χ0v) is 15.3. The third kappa shape index (κ3) is 4.39. The first-order valence-corrected chi connectivity index (χ1v) is 8.99. The van der Waals surface area contributed by atoms with Gasteiger partial charge in [-0.1, -0.05) is 74.5 Å². The molecular weight excluding hydrogens is 328 g/mol. The Balaban J connectivity index is 1.67. The van der Waals surface area contributed by atoms with Crippen LogP contribution in [0.15, 0.2) is 60.7 Å². The molecule has 4 heteroatoms. The van der Waals surface area contributed by atoms with Crippen LogP contribution in [0.25, 0.3) is 0 Å². The molecule has 1 aliphatic carbocycles. The summed E-state index contributed by atoms with van der Waals surface area (Å²) in [5, 5.41) is 10.8. The van der Waals surface area contributed by atoms with Crippen LogP contribution < -0.4 is 0 Å². The Kier molecular flexibility index (Phi) is 5.87. The molecule has 1 fully saturated rings. The van der Waals surface area contributed by atoms with Crippen molar-refractivity contribution in [3.63, 3.8) is 0 Å². The van der Waals surface area contributed by atoms with Crippen molar-refractivity contribution in [2.24, 2.45) is 5.41 Å². The van der Waals surface area contributed by atoms with Crippen molar-refractivity contribution in [3.8, 4) is 0 Å². The molecule has 3 rings (SSSR count). The fourth-order valence-electron chi connectivity index (χ4n) is 3.50. The summed E-state index contributed by atoms with van der Waals surface area (Å²) in [6.45, 7) is 4.60. The van der Waals surface area contributed by atoms with Crippen molar-refractivity contribution in [1.82, 2.24) is 0 Å². The van der Waals surface area contributed by atoms with Gasteiger partial charge in [0.2, 0.25) is 0 Å². The van der Waals surface area contributed by atoms with Gasteiger partial charge in [-0.15, -0.1) is 0 Å². The van der Waals surface area contributed by atoms with E-state index in [4.69, 9.17) is 9.47 Å². The Labute approximate surface area is 154 Å². The number of hydrogen-bond donors (Lipinski definition) is 1. The number of aliphatic hydroxyl groups excluding tert-OH is 1. The molecule has 0 aliphatic heterocycles. The molecule has 2 aromatic rings. The quantitative estimate of drug-likeness (QED) is 0.862. The molecule has 0 bridgehead atoms. The number of hydrogen-bond acceptors (Lipinski definition) is 4. The molecule has 0 unspecified atom stereocenters. The van der Waals surface area contributed by atoms with E-state index in [2.05, 4.69) is 0 Å². The standard InChI is InChI=1S/C22H26O4/c1-22(2)13-18(23)20(25-14-16-9-5-3-6-10-16)19(24)21(22)26-15-17-11-7-4-8-12-17/h3-12,19-21,24H,13-15H2,1-2H3/t19-,20-,21+/m0/s1. The minimum Gasteiger partial charge on any atom is -0.387 e. The molecule has 3 atom stereocenters. The molecule has 1 aliphatic rings. The van der Waals surface area contributed by atoms with Gasteiger partial charge in [-0.05, 0) is 11.1 Å². The van der Waals surface area contributed by atoms with Crippen LogP contribution in [-0.2, 0) is 27.5 Å². The highest BCUT2D eigenvalue weighted by Crippen LogP contribution is 2.38. The predicted molar refractivity (Wildman–Crippen MR) is 99.4 cm³/mol. The third-order valence-electron chi connectivity index (χ3n) is 4.88. The minimum absolute atomic E-state index is 0.0713. The molecule has 0 spiro atoms. The maximum absolute atomic E-state index is 12.5. The topological polar surface area (TPSA) is 55.8 Å². The highest BCUT2D eigenvalue weighted by Gasteiger charge is 2.49. The number of rotatable bonds is 6. The number of benzene rings is 2. The van der Waals surface area contributed by atoms with Gasteiger partial charge in [0.15, 0.2) is 5.78 Å². The van der Waals surface area contributed by atoms with Crippen molar-refractivity contribution >= 4 is 5.78 Å². The van der Waals surface area contributed by atoms with Crippen LogP contribution in [0, 0.1) is 5.41 Å². The molecule has 1 saturated carbocycles. The second-order valence-corrected chi connectivity index (χ2v) is 7.56. The normalized spacial score (nSPS) is 25.2. The lowest BCUT2D eigenvalue weighted by atomic mass is 9.71. The number of ether oxygens (including phenoxy) is 2. The van der Waals surface area contributed by atoms with Crippen molar-refractivity contribution in [2.75, 3.05) is 0 Å². The lowest BCUT2D eigenvalue weighted by Crippen LogP contribution is -2.57. The van der Waals surface area contributed by atoms with Crippen LogP contribution in [0.4, 0.5) is 0 Å². The summed E-state index contributed by atoms with van der Waals surface area (Å²) in [5.74, 6) is -0.0713. The monoisotopic (exact) mass is 354 g/mol. The van der Waals surface area contributed by atoms with E-state index >= 15 is 0 Å². The molecule has 0 heterocycles. The molecular formula is C22H26O4. The Morgan fingerprint density at radius 3 is 1.96 bits per heavy atom. The van der Waals surface area contributed by atoms with Gasteiger partial charge in [-0.3, -0.25) is 4.79 Å². The summed E-state index contributed by atoms with van der Waals surface area (Å²) in [6.07, 6.45) is -1.99. The van der Waals surface area contributed by atoms with E-state index in [0.717, 1.165) is 11.1 Å². The SMILES string of the molecule is CC1(C)CC(=O)[C@H](OCc2ccccc2)[C@H](O)[C@H]1OCc1ccccc1. The second-order valence-electron chi connectivity index (χ2n) is 7.56. The van der Waals surface area contributed by atoms with Crippen LogP contribution in [0.3, 0.4) is 0 Å². The summed E-state index contributed by atoms with van der Waals surface area (Å²) in [4.78, 5) is 12.5. The molecule has 0 saturated heterocycles. The molecule has 4 nitrogen and oxygen atoms in total. The molecule has 0 radical (unpaired) electrons. The van der Waals surface area contributed by atoms with Gasteiger partial charge in [-0.25, -0.2) is 0 Å². The third-order valence-corrected chi connectivity index (χ3v) is 4.88. The minimum atomic E-state index is -0.987. The van der Waals surface area contributed by atoms with Gasteiger partial charge in [-0.2, -0.15) is 0 Å². The molecule has 2 aromatic carbocycles. The Bertz CT molecular complexity index is 711. The Morgan fingerprint density at radius 2 is 1.42 bits per heavy atom. The first kappa shape index (κ1) is 18.8. The average Bonchev–Trinajstić information content (AvgIpc) is 2.62. The zero-order valence-electron chi connectivity index (χ0n) is 15.3. The first-order valence-electron chi connectivity index (χ1n) is 8.99. The van der Waals surface area contributed by atoms with Gasteiger partial charge < -0.3 is 14.6 Å². The lowest BCUT2D eigenvalue weighted by Gasteiger charge is -2.44. The van der Waals surface area contributed by atoms with Gasteiger partial charge in [0.05, 0.1) is 19.3 Å². The molecule has 0 aromatic heterocycles. The van der Waals surface area contributed by atoms with E-state index in [1.165, 1.54) is 0 Å². The van der Waals surface area contributed by atoms with E-state index in [1.807, 2.05) is 74.5 Å². The van der Waals surface area contributed by atoms with Crippen molar-refractivity contribution < 1.29 is 19.4 Å². The molecule has 0 amide bonds. The fourth-order valence-corrected chi connectivity index (χ4v) is 3.50. The van der Waals surface area contributed by atoms with Crippen molar-refractivity contribution in [1.29, 1.82) is 0 Å². The number of Topliss-reactive ketones (excluding diaryl/α,β-unsaturated/α-hetero) is 1. The number of carbonyl (C=O) groups excluding carboxylic acids is 1. The molecule has 26 heavy (non-hydrogen) atoms. The molecule has 138 valence electrons. The van der Waals surface area contributed by atoms with Gasteiger partial charge in [0.1, 0.15) is 12.2 Å². The zero-order chi connectivity index (χ0) is 18.6.